The van der Waals surface area contributed by atoms with E-state index in [0.29, 0.717) is 11.3 Å². The van der Waals surface area contributed by atoms with Crippen LogP contribution >= 0.6 is 0 Å². The number of carbonyl (C=O) groups is 1. The number of carbonyl (C=O) groups excluding carboxylic acids is 1. The molecular formula is C8H12F3NO2. The normalized spacial score (nSPS) is 29.1. The van der Waals surface area contributed by atoms with Gasteiger partial charge >= 0.3 is 12.1 Å². The highest BCUT2D eigenvalue weighted by Crippen LogP contribution is 2.23. The van der Waals surface area contributed by atoms with Crippen molar-refractivity contribution < 1.29 is 23.1 Å². The summed E-state index contributed by atoms with van der Waals surface area (Å²) in [7, 11) is 0. The summed E-state index contributed by atoms with van der Waals surface area (Å²) in [6.45, 7) is 1.55. The van der Waals surface area contributed by atoms with E-state index in [1.807, 2.05) is 0 Å². The lowest BCUT2D eigenvalue weighted by molar-refractivity contribution is -0.189. The van der Waals surface area contributed by atoms with Crippen molar-refractivity contribution in [2.75, 3.05) is 13.1 Å². The number of likely N-dealkylation sites (tertiary alicyclic amines) is 1. The van der Waals surface area contributed by atoms with Crippen molar-refractivity contribution in [2.45, 2.75) is 25.6 Å². The molecule has 82 valence electrons. The van der Waals surface area contributed by atoms with Crippen LogP contribution in [0.4, 0.5) is 13.2 Å². The van der Waals surface area contributed by atoms with Crippen molar-refractivity contribution in [3.63, 3.8) is 0 Å². The van der Waals surface area contributed by atoms with Gasteiger partial charge in [-0.15, -0.1) is 0 Å². The minimum absolute atomic E-state index is 0.0649. The van der Waals surface area contributed by atoms with Crippen LogP contribution in [0.25, 0.3) is 0 Å². The molecule has 3 nitrogen and oxygen atoms in total. The number of aliphatic hydroxyl groups excluding tert-OH is 1. The molecule has 0 aromatic heterocycles. The Bertz CT molecular complexity index is 219. The molecule has 0 spiro atoms. The zero-order valence-electron chi connectivity index (χ0n) is 7.71. The molecule has 0 bridgehead atoms. The van der Waals surface area contributed by atoms with Crippen molar-refractivity contribution in [2.24, 2.45) is 5.92 Å². The van der Waals surface area contributed by atoms with E-state index in [9.17, 15) is 23.1 Å². The maximum Gasteiger partial charge on any atom is 0.471 e. The topological polar surface area (TPSA) is 40.5 Å². The largest absolute Gasteiger partial charge is 0.471 e. The minimum Gasteiger partial charge on any atom is -0.391 e. The van der Waals surface area contributed by atoms with E-state index in [4.69, 9.17) is 0 Å². The second-order valence-electron chi connectivity index (χ2n) is 3.70. The maximum atomic E-state index is 12.0. The summed E-state index contributed by atoms with van der Waals surface area (Å²) in [4.78, 5) is 11.5. The fraction of sp³-hybridized carbons (Fsp3) is 0.875. The van der Waals surface area contributed by atoms with Gasteiger partial charge in [0, 0.05) is 13.1 Å². The number of rotatable bonds is 0. The lowest BCUT2D eigenvalue weighted by Gasteiger charge is -2.34. The van der Waals surface area contributed by atoms with E-state index >= 15 is 0 Å². The van der Waals surface area contributed by atoms with Gasteiger partial charge in [-0.25, -0.2) is 0 Å². The molecule has 0 saturated carbocycles. The lowest BCUT2D eigenvalue weighted by atomic mass is 9.98. The van der Waals surface area contributed by atoms with Crippen LogP contribution in [-0.2, 0) is 4.79 Å². The second kappa shape index (κ2) is 3.76. The number of hydrogen-bond donors (Lipinski definition) is 1. The number of hydrogen-bond acceptors (Lipinski definition) is 2. The van der Waals surface area contributed by atoms with Crippen LogP contribution in [0, 0.1) is 5.92 Å². The van der Waals surface area contributed by atoms with Gasteiger partial charge in [0.25, 0.3) is 0 Å². The summed E-state index contributed by atoms with van der Waals surface area (Å²) in [6.07, 6.45) is -5.23. The molecule has 1 fully saturated rings. The molecule has 1 heterocycles. The average molecular weight is 211 g/mol. The minimum atomic E-state index is -4.84. The van der Waals surface area contributed by atoms with Gasteiger partial charge in [-0.3, -0.25) is 4.79 Å². The van der Waals surface area contributed by atoms with Crippen LogP contribution in [0.15, 0.2) is 0 Å². The van der Waals surface area contributed by atoms with E-state index in [1.165, 1.54) is 0 Å². The molecule has 0 radical (unpaired) electrons. The Labute approximate surface area is 79.5 Å². The Hall–Kier alpha value is -0.780. The molecule has 1 amide bonds. The van der Waals surface area contributed by atoms with Gasteiger partial charge in [-0.2, -0.15) is 13.2 Å². The summed E-state index contributed by atoms with van der Waals surface area (Å²) in [5.41, 5.74) is 0. The highest BCUT2D eigenvalue weighted by atomic mass is 19.4. The molecule has 1 N–H and O–H groups in total. The molecule has 0 aromatic carbocycles. The van der Waals surface area contributed by atoms with E-state index in [-0.39, 0.29) is 19.0 Å². The Morgan fingerprint density at radius 3 is 2.43 bits per heavy atom. The second-order valence-corrected chi connectivity index (χ2v) is 3.70. The SMILES string of the molecule is CC1CC(O)CN(C(=O)C(F)(F)F)C1. The fourth-order valence-electron chi connectivity index (χ4n) is 1.66. The smallest absolute Gasteiger partial charge is 0.391 e. The van der Waals surface area contributed by atoms with Crippen LogP contribution in [0.2, 0.25) is 0 Å². The summed E-state index contributed by atoms with van der Waals surface area (Å²) in [6, 6.07) is 0. The molecular weight excluding hydrogens is 199 g/mol. The first-order valence-electron chi connectivity index (χ1n) is 4.35. The Morgan fingerprint density at radius 1 is 1.43 bits per heavy atom. The van der Waals surface area contributed by atoms with Crippen LogP contribution in [0.1, 0.15) is 13.3 Å². The molecule has 6 heteroatoms. The average Bonchev–Trinajstić information content (AvgIpc) is 1.99. The number of amides is 1. The van der Waals surface area contributed by atoms with E-state index in [1.54, 1.807) is 6.92 Å². The Morgan fingerprint density at radius 2 is 2.00 bits per heavy atom. The molecule has 2 atom stereocenters. The summed E-state index contributed by atoms with van der Waals surface area (Å²) >= 11 is 0. The number of piperidine rings is 1. The van der Waals surface area contributed by atoms with Crippen LogP contribution in [0.3, 0.4) is 0 Å². The summed E-state index contributed by atoms with van der Waals surface area (Å²) in [5, 5.41) is 9.20. The Kier molecular flexibility index (Phi) is 3.04. The third-order valence-corrected chi connectivity index (χ3v) is 2.17. The molecule has 14 heavy (non-hydrogen) atoms. The first-order valence-corrected chi connectivity index (χ1v) is 4.35. The standard InChI is InChI=1S/C8H12F3NO2/c1-5-2-6(13)4-12(3-5)7(14)8(9,10)11/h5-6,13H,2-4H2,1H3. The number of aliphatic hydroxyl groups is 1. The third-order valence-electron chi connectivity index (χ3n) is 2.17. The van der Waals surface area contributed by atoms with Crippen LogP contribution in [-0.4, -0.2) is 41.3 Å². The summed E-state index contributed by atoms with van der Waals surface area (Å²) < 4.78 is 36.0. The quantitative estimate of drug-likeness (QED) is 0.643. The zero-order valence-corrected chi connectivity index (χ0v) is 7.71. The predicted molar refractivity (Wildman–Crippen MR) is 42.4 cm³/mol. The summed E-state index contributed by atoms with van der Waals surface area (Å²) in [5.74, 6) is -1.95. The van der Waals surface area contributed by atoms with Crippen molar-refractivity contribution in [1.29, 1.82) is 0 Å². The van der Waals surface area contributed by atoms with Gasteiger partial charge in [-0.1, -0.05) is 6.92 Å². The molecule has 1 aliphatic rings. The van der Waals surface area contributed by atoms with Gasteiger partial charge < -0.3 is 10.0 Å². The molecule has 0 aliphatic carbocycles. The van der Waals surface area contributed by atoms with Crippen molar-refractivity contribution in [1.82, 2.24) is 4.90 Å². The molecule has 1 saturated heterocycles. The first-order chi connectivity index (χ1) is 6.30. The predicted octanol–water partition coefficient (Wildman–Crippen LogP) is 0.778. The van der Waals surface area contributed by atoms with Crippen LogP contribution in [0.5, 0.6) is 0 Å². The fourth-order valence-corrected chi connectivity index (χ4v) is 1.66. The third kappa shape index (κ3) is 2.60. The monoisotopic (exact) mass is 211 g/mol. The van der Waals surface area contributed by atoms with Crippen molar-refractivity contribution >= 4 is 5.91 Å². The maximum absolute atomic E-state index is 12.0. The molecule has 1 rings (SSSR count). The lowest BCUT2D eigenvalue weighted by Crippen LogP contribution is -2.50. The number of halogens is 3. The number of alkyl halides is 3. The number of β-amino-alcohol motifs (C(OH)–C–C–N with tert-alkyl or cyclic N) is 1. The molecule has 1 aliphatic heterocycles. The van der Waals surface area contributed by atoms with Gasteiger partial charge in [0.1, 0.15) is 0 Å². The van der Waals surface area contributed by atoms with Gasteiger partial charge in [0.15, 0.2) is 0 Å². The zero-order chi connectivity index (χ0) is 10.9. The van der Waals surface area contributed by atoms with Gasteiger partial charge in [-0.05, 0) is 12.3 Å². The van der Waals surface area contributed by atoms with Gasteiger partial charge in [0.05, 0.1) is 6.10 Å². The van der Waals surface area contributed by atoms with E-state index in [2.05, 4.69) is 0 Å². The highest BCUT2D eigenvalue weighted by Gasteiger charge is 2.44. The van der Waals surface area contributed by atoms with Crippen molar-refractivity contribution in [3.8, 4) is 0 Å². The number of nitrogens with zero attached hydrogens (tertiary/aromatic N) is 1. The van der Waals surface area contributed by atoms with Crippen molar-refractivity contribution in [3.05, 3.63) is 0 Å². The van der Waals surface area contributed by atoms with E-state index in [0.717, 1.165) is 0 Å². The highest BCUT2D eigenvalue weighted by molar-refractivity contribution is 5.82. The van der Waals surface area contributed by atoms with Crippen LogP contribution < -0.4 is 0 Å². The molecule has 0 aromatic rings. The molecule has 2 unspecified atom stereocenters. The van der Waals surface area contributed by atoms with E-state index < -0.39 is 18.2 Å². The first kappa shape index (κ1) is 11.3. The van der Waals surface area contributed by atoms with Gasteiger partial charge in [0.2, 0.25) is 0 Å². The Balaban J connectivity index is 2.64.